The first-order valence-electron chi connectivity index (χ1n) is 15.8. The van der Waals surface area contributed by atoms with Crippen molar-refractivity contribution in [2.45, 2.75) is 43.8 Å². The summed E-state index contributed by atoms with van der Waals surface area (Å²) in [5.74, 6) is 0.618. The molecule has 0 fully saturated rings. The second-order valence-electron chi connectivity index (χ2n) is 12.6. The van der Waals surface area contributed by atoms with Crippen LogP contribution in [0, 0.1) is 0 Å². The lowest BCUT2D eigenvalue weighted by atomic mass is 9.76. The number of hydroxylamine groups is 1. The Bertz CT molecular complexity index is 1510. The van der Waals surface area contributed by atoms with E-state index in [0.29, 0.717) is 6.42 Å². The van der Waals surface area contributed by atoms with Crippen LogP contribution >= 0.6 is 11.8 Å². The highest BCUT2D eigenvalue weighted by molar-refractivity contribution is 7.98. The van der Waals surface area contributed by atoms with Crippen molar-refractivity contribution >= 4 is 36.4 Å². The van der Waals surface area contributed by atoms with E-state index < -0.39 is 19.9 Å². The monoisotopic (exact) mass is 644 g/mol. The normalized spacial score (nSPS) is 12.8. The van der Waals surface area contributed by atoms with Crippen LogP contribution in [-0.4, -0.2) is 32.3 Å². The molecule has 5 rings (SSSR count). The molecule has 4 nitrogen and oxygen atoms in total. The number of carbonyl (C=O) groups is 1. The summed E-state index contributed by atoms with van der Waals surface area (Å²) in [5.41, 5.74) is 5.45. The van der Waals surface area contributed by atoms with Crippen LogP contribution in [0.3, 0.4) is 0 Å². The van der Waals surface area contributed by atoms with Gasteiger partial charge in [0.05, 0.1) is 11.6 Å². The summed E-state index contributed by atoms with van der Waals surface area (Å²) in [7, 11) is -3.00. The van der Waals surface area contributed by atoms with Crippen LogP contribution in [0.4, 0.5) is 0 Å². The maximum absolute atomic E-state index is 14.6. The van der Waals surface area contributed by atoms with E-state index in [1.165, 1.54) is 0 Å². The van der Waals surface area contributed by atoms with Crippen LogP contribution in [-0.2, 0) is 14.9 Å². The summed E-state index contributed by atoms with van der Waals surface area (Å²) in [5, 5.41) is 5.84. The maximum Gasteiger partial charge on any atom is 0.295 e. The van der Waals surface area contributed by atoms with Crippen molar-refractivity contribution in [1.82, 2.24) is 10.8 Å². The molecule has 0 aliphatic carbocycles. The Hall–Kier alpha value is -3.94. The summed E-state index contributed by atoms with van der Waals surface area (Å²) in [4.78, 5) is 14.6. The smallest absolute Gasteiger partial charge is 0.295 e. The number of amides is 1. The standard InChI is InChI=1S/C40H44N2O2SSi/c1-39(2,3)46(35-26-16-8-17-27-35,36-28-18-9-19-29-36)44-42-38(43)37(30-31-45-4)41-40(32-20-10-5-11-21-32,33-22-12-6-13-23-33)34-24-14-7-15-25-34/h5-29,37,41H,30-31H2,1-4H3,(H,42,43)/t37-/m0/s1. The lowest BCUT2D eigenvalue weighted by molar-refractivity contribution is -0.130. The van der Waals surface area contributed by atoms with E-state index in [9.17, 15) is 4.79 Å². The fourth-order valence-corrected chi connectivity index (χ4v) is 11.1. The highest BCUT2D eigenvalue weighted by Crippen LogP contribution is 2.38. The Labute approximate surface area is 279 Å². The molecule has 2 N–H and O–H groups in total. The molecule has 1 atom stereocenters. The van der Waals surface area contributed by atoms with Gasteiger partial charge in [-0.05, 0) is 50.5 Å². The van der Waals surface area contributed by atoms with Gasteiger partial charge in [0.1, 0.15) is 0 Å². The number of nitrogens with one attached hydrogen (secondary N) is 2. The van der Waals surface area contributed by atoms with Crippen molar-refractivity contribution in [3.63, 3.8) is 0 Å². The Morgan fingerprint density at radius 3 is 1.37 bits per heavy atom. The van der Waals surface area contributed by atoms with Gasteiger partial charge in [0.15, 0.2) is 0 Å². The topological polar surface area (TPSA) is 50.4 Å². The van der Waals surface area contributed by atoms with Gasteiger partial charge in [-0.1, -0.05) is 172 Å². The van der Waals surface area contributed by atoms with Gasteiger partial charge in [0.2, 0.25) is 0 Å². The Balaban J connectivity index is 1.59. The van der Waals surface area contributed by atoms with Gasteiger partial charge in [0.25, 0.3) is 14.2 Å². The van der Waals surface area contributed by atoms with E-state index in [0.717, 1.165) is 32.8 Å². The van der Waals surface area contributed by atoms with E-state index in [4.69, 9.17) is 4.53 Å². The summed E-state index contributed by atoms with van der Waals surface area (Å²) in [6.07, 6.45) is 2.69. The van der Waals surface area contributed by atoms with Gasteiger partial charge in [-0.15, -0.1) is 0 Å². The third-order valence-electron chi connectivity index (χ3n) is 8.66. The highest BCUT2D eigenvalue weighted by Gasteiger charge is 2.52. The lowest BCUT2D eigenvalue weighted by Crippen LogP contribution is -2.69. The largest absolute Gasteiger partial charge is 0.308 e. The summed E-state index contributed by atoms with van der Waals surface area (Å²) >= 11 is 1.73. The molecule has 46 heavy (non-hydrogen) atoms. The third-order valence-corrected chi connectivity index (χ3v) is 14.1. The second-order valence-corrected chi connectivity index (χ2v) is 17.8. The summed E-state index contributed by atoms with van der Waals surface area (Å²) in [6.45, 7) is 6.63. The Morgan fingerprint density at radius 1 is 0.652 bits per heavy atom. The van der Waals surface area contributed by atoms with Crippen LogP contribution in [0.1, 0.15) is 43.9 Å². The van der Waals surface area contributed by atoms with E-state index in [1.54, 1.807) is 11.8 Å². The quantitative estimate of drug-likeness (QED) is 0.0803. The number of thioether (sulfide) groups is 1. The highest BCUT2D eigenvalue weighted by atomic mass is 32.2. The minimum atomic E-state index is -3.00. The molecule has 1 amide bonds. The molecule has 236 valence electrons. The molecule has 0 saturated carbocycles. The molecule has 0 saturated heterocycles. The Morgan fingerprint density at radius 2 is 1.02 bits per heavy atom. The molecule has 0 bridgehead atoms. The lowest BCUT2D eigenvalue weighted by Gasteiger charge is -2.43. The van der Waals surface area contributed by atoms with Crippen LogP contribution < -0.4 is 21.2 Å². The van der Waals surface area contributed by atoms with Crippen LogP contribution in [0.25, 0.3) is 0 Å². The number of hydrogen-bond donors (Lipinski definition) is 2. The van der Waals surface area contributed by atoms with Crippen molar-refractivity contribution in [1.29, 1.82) is 0 Å². The zero-order valence-electron chi connectivity index (χ0n) is 27.2. The summed E-state index contributed by atoms with van der Waals surface area (Å²) in [6, 6.07) is 51.4. The first-order chi connectivity index (χ1) is 22.3. The van der Waals surface area contributed by atoms with E-state index in [-0.39, 0.29) is 10.9 Å². The molecule has 0 aliphatic rings. The maximum atomic E-state index is 14.6. The minimum absolute atomic E-state index is 0.186. The first kappa shape index (κ1) is 33.4. The molecule has 0 aromatic heterocycles. The molecule has 0 heterocycles. The fraction of sp³-hybridized carbons (Fsp3) is 0.225. The van der Waals surface area contributed by atoms with Crippen LogP contribution in [0.15, 0.2) is 152 Å². The van der Waals surface area contributed by atoms with E-state index in [1.807, 2.05) is 54.6 Å². The first-order valence-corrected chi connectivity index (χ1v) is 19.2. The molecule has 0 radical (unpaired) electrons. The predicted molar refractivity (Wildman–Crippen MR) is 196 cm³/mol. The average Bonchev–Trinajstić information content (AvgIpc) is 3.10. The minimum Gasteiger partial charge on any atom is -0.308 e. The van der Waals surface area contributed by atoms with Crippen molar-refractivity contribution in [2.24, 2.45) is 0 Å². The van der Waals surface area contributed by atoms with Crippen molar-refractivity contribution in [3.8, 4) is 0 Å². The molecular formula is C40H44N2O2SSi. The van der Waals surface area contributed by atoms with Gasteiger partial charge >= 0.3 is 0 Å². The van der Waals surface area contributed by atoms with Gasteiger partial charge in [-0.3, -0.25) is 10.1 Å². The number of carbonyl (C=O) groups excluding carboxylic acids is 1. The molecule has 0 spiro atoms. The van der Waals surface area contributed by atoms with Crippen LogP contribution in [0.2, 0.25) is 5.04 Å². The van der Waals surface area contributed by atoms with Gasteiger partial charge in [-0.2, -0.15) is 11.8 Å². The molecule has 6 heteroatoms. The molecule has 5 aromatic carbocycles. The predicted octanol–water partition coefficient (Wildman–Crippen LogP) is 7.30. The molecule has 0 aliphatic heterocycles. The van der Waals surface area contributed by atoms with Crippen molar-refractivity contribution < 1.29 is 9.32 Å². The van der Waals surface area contributed by atoms with E-state index >= 15 is 0 Å². The number of benzene rings is 5. The van der Waals surface area contributed by atoms with Crippen molar-refractivity contribution in [3.05, 3.63) is 168 Å². The number of hydrogen-bond acceptors (Lipinski definition) is 4. The van der Waals surface area contributed by atoms with Gasteiger partial charge < -0.3 is 4.53 Å². The van der Waals surface area contributed by atoms with E-state index in [2.05, 4.69) is 135 Å². The molecular weight excluding hydrogens is 601 g/mol. The van der Waals surface area contributed by atoms with Gasteiger partial charge in [0, 0.05) is 0 Å². The zero-order valence-corrected chi connectivity index (χ0v) is 29.0. The zero-order chi connectivity index (χ0) is 32.5. The number of rotatable bonds is 13. The summed E-state index contributed by atoms with van der Waals surface area (Å²) < 4.78 is 6.91. The molecule has 0 unspecified atom stereocenters. The third kappa shape index (κ3) is 6.91. The van der Waals surface area contributed by atoms with Gasteiger partial charge in [-0.25, -0.2) is 5.48 Å². The second kappa shape index (κ2) is 15.1. The van der Waals surface area contributed by atoms with Crippen LogP contribution in [0.5, 0.6) is 0 Å². The average molecular weight is 645 g/mol. The fourth-order valence-electron chi connectivity index (χ4n) is 6.43. The Kier molecular flexibility index (Phi) is 11.0. The SMILES string of the molecule is CSCC[C@H](NC(c1ccccc1)(c1ccccc1)c1ccccc1)C(=O)NO[Si](c1ccccc1)(c1ccccc1)C(C)(C)C. The molecule has 5 aromatic rings. The van der Waals surface area contributed by atoms with Crippen molar-refractivity contribution in [2.75, 3.05) is 12.0 Å².